The van der Waals surface area contributed by atoms with Gasteiger partial charge in [-0.2, -0.15) is 0 Å². The molecule has 1 N–H and O–H groups in total. The van der Waals surface area contributed by atoms with Gasteiger partial charge in [-0.05, 0) is 47.3 Å². The number of carbonyl (C=O) groups is 1. The first-order chi connectivity index (χ1) is 14.1. The van der Waals surface area contributed by atoms with Gasteiger partial charge in [0.2, 0.25) is 5.91 Å². The summed E-state index contributed by atoms with van der Waals surface area (Å²) in [5.74, 6) is 0.411. The van der Waals surface area contributed by atoms with Crippen LogP contribution in [0.25, 0.3) is 0 Å². The number of halogens is 1. The lowest BCUT2D eigenvalue weighted by molar-refractivity contribution is -0.120. The highest BCUT2D eigenvalue weighted by Gasteiger charge is 2.45. The van der Waals surface area contributed by atoms with E-state index in [9.17, 15) is 4.79 Å². The summed E-state index contributed by atoms with van der Waals surface area (Å²) in [6, 6.07) is 3.29. The molecule has 4 nitrogen and oxygen atoms in total. The Hall–Kier alpha value is 0.294. The Morgan fingerprint density at radius 2 is 1.48 bits per heavy atom. The Labute approximate surface area is 209 Å². The molecule has 0 heterocycles. The van der Waals surface area contributed by atoms with Gasteiger partial charge in [0.15, 0.2) is 16.6 Å². The normalized spacial score (nSPS) is 18.5. The number of amides is 1. The second kappa shape index (κ2) is 13.3. The predicted octanol–water partition coefficient (Wildman–Crippen LogP) is 7.51. The minimum absolute atomic E-state index is 0.0133. The average Bonchev–Trinajstić information content (AvgIpc) is 2.66. The average molecular weight is 584 g/mol. The van der Waals surface area contributed by atoms with Crippen molar-refractivity contribution in [1.29, 1.82) is 0 Å². The van der Waals surface area contributed by atoms with Crippen LogP contribution in [-0.2, 0) is 13.6 Å². The summed E-state index contributed by atoms with van der Waals surface area (Å²) in [7, 11) is -3.85. The predicted molar refractivity (Wildman–Crippen MR) is 149 cm³/mol. The summed E-state index contributed by atoms with van der Waals surface area (Å²) in [6.45, 7) is 26.4. The molecule has 0 aliphatic rings. The fourth-order valence-electron chi connectivity index (χ4n) is 3.98. The minimum atomic E-state index is -2.04. The van der Waals surface area contributed by atoms with Crippen molar-refractivity contribution in [2.75, 3.05) is 0 Å². The van der Waals surface area contributed by atoms with Crippen LogP contribution in [0.3, 0.4) is 0 Å². The summed E-state index contributed by atoms with van der Waals surface area (Å²) in [6.07, 6.45) is 2.20. The van der Waals surface area contributed by atoms with Crippen molar-refractivity contribution >= 4 is 45.1 Å². The zero-order chi connectivity index (χ0) is 24.6. The SMILES string of the molecule is CC[Si](CC)(CC)O[C@@H]([C@H](C)[C@H](O[Si](C)(C)C(C)(C)C)[C@@H](C)NC(C)=O)[C@H](C)/C=C/I. The molecule has 0 aliphatic heterocycles. The van der Waals surface area contributed by atoms with E-state index in [2.05, 4.69) is 113 Å². The molecule has 7 heteroatoms. The molecule has 0 saturated carbocycles. The maximum Gasteiger partial charge on any atom is 0.217 e. The Kier molecular flexibility index (Phi) is 13.4. The molecular weight excluding hydrogens is 533 g/mol. The van der Waals surface area contributed by atoms with Crippen LogP contribution < -0.4 is 5.32 Å². The Bertz CT molecular complexity index is 565. The molecule has 0 spiro atoms. The van der Waals surface area contributed by atoms with Crippen LogP contribution in [0.1, 0.15) is 69.2 Å². The quantitative estimate of drug-likeness (QED) is 0.180. The van der Waals surface area contributed by atoms with Gasteiger partial charge in [0, 0.05) is 18.8 Å². The fraction of sp³-hybridized carbons (Fsp3) is 0.875. The molecule has 0 aromatic heterocycles. The molecule has 0 aromatic rings. The van der Waals surface area contributed by atoms with Gasteiger partial charge in [0.05, 0.1) is 18.2 Å². The van der Waals surface area contributed by atoms with Gasteiger partial charge < -0.3 is 14.2 Å². The first-order valence-corrected chi connectivity index (χ1v) is 18.7. The van der Waals surface area contributed by atoms with Crippen molar-refractivity contribution < 1.29 is 13.6 Å². The van der Waals surface area contributed by atoms with Gasteiger partial charge >= 0.3 is 0 Å². The first kappa shape index (κ1) is 31.3. The van der Waals surface area contributed by atoms with Crippen molar-refractivity contribution in [2.24, 2.45) is 11.8 Å². The number of hydrogen-bond donors (Lipinski definition) is 1. The molecule has 184 valence electrons. The summed E-state index contributed by atoms with van der Waals surface area (Å²) in [4.78, 5) is 11.9. The van der Waals surface area contributed by atoms with Gasteiger partial charge in [-0.1, -0.05) is 84.1 Å². The van der Waals surface area contributed by atoms with Crippen LogP contribution >= 0.6 is 22.6 Å². The molecule has 0 unspecified atom stereocenters. The zero-order valence-electron chi connectivity index (χ0n) is 22.3. The highest BCUT2D eigenvalue weighted by Crippen LogP contribution is 2.40. The van der Waals surface area contributed by atoms with Crippen LogP contribution in [0.4, 0.5) is 0 Å². The molecule has 0 aromatic carbocycles. The highest BCUT2D eigenvalue weighted by molar-refractivity contribution is 14.1. The van der Waals surface area contributed by atoms with E-state index in [4.69, 9.17) is 8.85 Å². The second-order valence-electron chi connectivity index (χ2n) is 10.7. The van der Waals surface area contributed by atoms with E-state index in [0.717, 1.165) is 18.1 Å². The van der Waals surface area contributed by atoms with Crippen molar-refractivity contribution in [3.05, 3.63) is 10.2 Å². The molecule has 0 radical (unpaired) electrons. The topological polar surface area (TPSA) is 47.6 Å². The molecular formula is C24H50INO3Si2. The van der Waals surface area contributed by atoms with Gasteiger partial charge in [-0.15, -0.1) is 0 Å². The fourth-order valence-corrected chi connectivity index (χ4v) is 9.09. The van der Waals surface area contributed by atoms with Gasteiger partial charge in [0.25, 0.3) is 0 Å². The summed E-state index contributed by atoms with van der Waals surface area (Å²) in [5, 5.41) is 3.22. The van der Waals surface area contributed by atoms with Crippen LogP contribution in [0.5, 0.6) is 0 Å². The minimum Gasteiger partial charge on any atom is -0.413 e. The third kappa shape index (κ3) is 9.22. The molecule has 31 heavy (non-hydrogen) atoms. The highest BCUT2D eigenvalue weighted by atomic mass is 127. The number of rotatable bonds is 13. The molecule has 5 atom stereocenters. The lowest BCUT2D eigenvalue weighted by Gasteiger charge is -2.46. The molecule has 0 saturated heterocycles. The van der Waals surface area contributed by atoms with Crippen molar-refractivity contribution in [1.82, 2.24) is 5.32 Å². The second-order valence-corrected chi connectivity index (χ2v) is 20.9. The van der Waals surface area contributed by atoms with E-state index in [-0.39, 0.29) is 41.0 Å². The van der Waals surface area contributed by atoms with E-state index in [1.54, 1.807) is 6.92 Å². The van der Waals surface area contributed by atoms with Crippen molar-refractivity contribution in [2.45, 2.75) is 124 Å². The zero-order valence-corrected chi connectivity index (χ0v) is 26.4. The third-order valence-corrected chi connectivity index (χ3v) is 16.9. The molecule has 0 aliphatic carbocycles. The van der Waals surface area contributed by atoms with E-state index in [1.165, 1.54) is 0 Å². The van der Waals surface area contributed by atoms with Crippen LogP contribution in [0.15, 0.2) is 10.2 Å². The lowest BCUT2D eigenvalue weighted by atomic mass is 9.86. The molecule has 0 fully saturated rings. The van der Waals surface area contributed by atoms with Crippen LogP contribution in [-0.4, -0.2) is 40.8 Å². The maximum absolute atomic E-state index is 11.9. The summed E-state index contributed by atoms with van der Waals surface area (Å²) < 4.78 is 16.2. The van der Waals surface area contributed by atoms with E-state index in [0.29, 0.717) is 0 Å². The molecule has 1 amide bonds. The smallest absolute Gasteiger partial charge is 0.217 e. The Morgan fingerprint density at radius 1 is 1.00 bits per heavy atom. The lowest BCUT2D eigenvalue weighted by Crippen LogP contribution is -2.56. The van der Waals surface area contributed by atoms with Gasteiger partial charge in [-0.25, -0.2) is 0 Å². The van der Waals surface area contributed by atoms with Crippen molar-refractivity contribution in [3.63, 3.8) is 0 Å². The summed E-state index contributed by atoms with van der Waals surface area (Å²) >= 11 is 2.30. The third-order valence-electron chi connectivity index (χ3n) is 7.41. The maximum atomic E-state index is 11.9. The number of carbonyl (C=O) groups excluding carboxylic acids is 1. The standard InChI is InChI=1S/C24H50INO3Si2/c1-13-31(14-2,15-3)29-22(18(4)16-17-25)19(5)23(20(6)26-21(7)27)28-30(11,12)24(8,9)10/h16-20,22-23H,13-15H2,1-12H3,(H,26,27)/b17-16+/t18-,19+,20-,22-,23+/m1/s1. The molecule has 0 rings (SSSR count). The van der Waals surface area contributed by atoms with Crippen molar-refractivity contribution in [3.8, 4) is 0 Å². The number of hydrogen-bond acceptors (Lipinski definition) is 3. The molecule has 0 bridgehead atoms. The Balaban J connectivity index is 6.27. The van der Waals surface area contributed by atoms with Crippen LogP contribution in [0, 0.1) is 11.8 Å². The van der Waals surface area contributed by atoms with Gasteiger partial charge in [0.1, 0.15) is 0 Å². The van der Waals surface area contributed by atoms with E-state index < -0.39 is 16.6 Å². The first-order valence-electron chi connectivity index (χ1n) is 12.0. The number of nitrogens with one attached hydrogen (secondary N) is 1. The van der Waals surface area contributed by atoms with E-state index >= 15 is 0 Å². The van der Waals surface area contributed by atoms with Crippen LogP contribution in [0.2, 0.25) is 36.3 Å². The monoisotopic (exact) mass is 583 g/mol. The summed E-state index contributed by atoms with van der Waals surface area (Å²) in [5.41, 5.74) is 0. The van der Waals surface area contributed by atoms with E-state index in [1.807, 2.05) is 0 Å². The van der Waals surface area contributed by atoms with Gasteiger partial charge in [-0.3, -0.25) is 4.79 Å². The Morgan fingerprint density at radius 3 is 1.84 bits per heavy atom. The largest absolute Gasteiger partial charge is 0.413 e.